The number of benzene rings is 1. The average molecular weight is 298 g/mol. The number of aliphatic hydroxyl groups excluding tert-OH is 2. The van der Waals surface area contributed by atoms with Gasteiger partial charge in [0.05, 0.1) is 12.7 Å². The van der Waals surface area contributed by atoms with Crippen LogP contribution in [0.4, 0.5) is 11.4 Å². The van der Waals surface area contributed by atoms with Crippen LogP contribution < -0.4 is 11.1 Å². The van der Waals surface area contributed by atoms with Crippen molar-refractivity contribution >= 4 is 29.0 Å². The molecule has 0 heterocycles. The lowest BCUT2D eigenvalue weighted by Crippen LogP contribution is -2.15. The highest BCUT2D eigenvalue weighted by Crippen LogP contribution is 2.18. The summed E-state index contributed by atoms with van der Waals surface area (Å²) in [4.78, 5) is 11.8. The predicted octanol–water partition coefficient (Wildman–Crippen LogP) is 1.38. The quantitative estimate of drug-likeness (QED) is 0.429. The number of amides is 1. The summed E-state index contributed by atoms with van der Waals surface area (Å²) in [6.45, 7) is 1.70. The molecule has 0 spiro atoms. The number of thioether (sulfide) groups is 1. The second-order valence-electron chi connectivity index (χ2n) is 4.64. The number of carbonyl (C=O) groups is 1. The molecule has 0 saturated carbocycles. The zero-order valence-corrected chi connectivity index (χ0v) is 12.4. The molecular weight excluding hydrogens is 276 g/mol. The normalized spacial score (nSPS) is 12.2. The fourth-order valence-corrected chi connectivity index (χ4v) is 2.49. The minimum Gasteiger partial charge on any atom is -0.399 e. The number of aliphatic hydroxyl groups is 2. The topological polar surface area (TPSA) is 95.6 Å². The van der Waals surface area contributed by atoms with Crippen LogP contribution in [-0.4, -0.2) is 40.3 Å². The van der Waals surface area contributed by atoms with Crippen LogP contribution >= 0.6 is 11.8 Å². The maximum absolute atomic E-state index is 11.8. The highest BCUT2D eigenvalue weighted by atomic mass is 32.2. The summed E-state index contributed by atoms with van der Waals surface area (Å²) in [5.74, 6) is 1.23. The van der Waals surface area contributed by atoms with Gasteiger partial charge in [0.2, 0.25) is 5.91 Å². The van der Waals surface area contributed by atoms with Crippen LogP contribution in [0.1, 0.15) is 18.4 Å². The highest BCUT2D eigenvalue weighted by Gasteiger charge is 2.06. The number of nitrogens with one attached hydrogen (secondary N) is 1. The third-order valence-electron chi connectivity index (χ3n) is 2.75. The zero-order valence-electron chi connectivity index (χ0n) is 11.6. The Balaban J connectivity index is 2.25. The molecule has 0 aliphatic heterocycles. The molecule has 112 valence electrons. The van der Waals surface area contributed by atoms with Crippen LogP contribution in [0.2, 0.25) is 0 Å². The molecule has 0 fully saturated rings. The van der Waals surface area contributed by atoms with E-state index in [2.05, 4.69) is 5.32 Å². The van der Waals surface area contributed by atoms with Gasteiger partial charge >= 0.3 is 0 Å². The molecule has 20 heavy (non-hydrogen) atoms. The molecule has 0 saturated heterocycles. The van der Waals surface area contributed by atoms with Crippen molar-refractivity contribution in [2.24, 2.45) is 0 Å². The van der Waals surface area contributed by atoms with E-state index in [1.807, 2.05) is 13.0 Å². The van der Waals surface area contributed by atoms with Crippen molar-refractivity contribution in [2.75, 3.05) is 29.2 Å². The van der Waals surface area contributed by atoms with Crippen LogP contribution in [0.25, 0.3) is 0 Å². The van der Waals surface area contributed by atoms with Gasteiger partial charge in [0.25, 0.3) is 0 Å². The number of nitrogens with two attached hydrogens (primary N) is 1. The number of hydrogen-bond acceptors (Lipinski definition) is 5. The monoisotopic (exact) mass is 298 g/mol. The lowest BCUT2D eigenvalue weighted by molar-refractivity contribution is -0.116. The number of aryl methyl sites for hydroxylation is 1. The molecule has 1 aromatic carbocycles. The van der Waals surface area contributed by atoms with Crippen molar-refractivity contribution < 1.29 is 15.0 Å². The van der Waals surface area contributed by atoms with Gasteiger partial charge < -0.3 is 21.3 Å². The molecule has 1 aromatic rings. The second-order valence-corrected chi connectivity index (χ2v) is 5.79. The summed E-state index contributed by atoms with van der Waals surface area (Å²) in [5.41, 5.74) is 8.04. The molecule has 0 radical (unpaired) electrons. The maximum Gasteiger partial charge on any atom is 0.224 e. The maximum atomic E-state index is 11.8. The van der Waals surface area contributed by atoms with E-state index in [-0.39, 0.29) is 12.5 Å². The Hall–Kier alpha value is -1.24. The number of anilines is 2. The van der Waals surface area contributed by atoms with Gasteiger partial charge in [0.1, 0.15) is 0 Å². The fourth-order valence-electron chi connectivity index (χ4n) is 1.59. The Kier molecular flexibility index (Phi) is 7.43. The van der Waals surface area contributed by atoms with Crippen molar-refractivity contribution in [3.05, 3.63) is 23.8 Å². The van der Waals surface area contributed by atoms with E-state index in [0.717, 1.165) is 23.4 Å². The molecule has 0 aromatic heterocycles. The first kappa shape index (κ1) is 16.8. The first-order chi connectivity index (χ1) is 9.52. The summed E-state index contributed by atoms with van der Waals surface area (Å²) in [6, 6.07) is 5.42. The zero-order chi connectivity index (χ0) is 15.0. The van der Waals surface area contributed by atoms with Gasteiger partial charge in [-0.3, -0.25) is 4.79 Å². The van der Waals surface area contributed by atoms with Crippen molar-refractivity contribution in [1.82, 2.24) is 0 Å². The molecule has 0 aliphatic rings. The van der Waals surface area contributed by atoms with Crippen molar-refractivity contribution in [1.29, 1.82) is 0 Å². The van der Waals surface area contributed by atoms with E-state index < -0.39 is 6.10 Å². The van der Waals surface area contributed by atoms with Crippen LogP contribution in [0.15, 0.2) is 18.2 Å². The van der Waals surface area contributed by atoms with Gasteiger partial charge in [-0.2, -0.15) is 11.8 Å². The van der Waals surface area contributed by atoms with Crippen LogP contribution in [0.3, 0.4) is 0 Å². The molecule has 0 aliphatic carbocycles. The Morgan fingerprint density at radius 2 is 2.25 bits per heavy atom. The molecule has 5 nitrogen and oxygen atoms in total. The minimum atomic E-state index is -0.677. The van der Waals surface area contributed by atoms with E-state index in [1.54, 1.807) is 12.1 Å². The molecule has 1 amide bonds. The Morgan fingerprint density at radius 1 is 1.50 bits per heavy atom. The standard InChI is InChI=1S/C14H22N2O3S/c1-10-4-5-11(15)7-13(10)16-14(19)3-2-6-20-9-12(18)8-17/h4-5,7,12,17-18H,2-3,6,8-9,15H2,1H3,(H,16,19). The van der Waals surface area contributed by atoms with E-state index in [4.69, 9.17) is 15.9 Å². The molecular formula is C14H22N2O3S. The SMILES string of the molecule is Cc1ccc(N)cc1NC(=O)CCCSCC(O)CO. The van der Waals surface area contributed by atoms with E-state index >= 15 is 0 Å². The Morgan fingerprint density at radius 3 is 2.95 bits per heavy atom. The minimum absolute atomic E-state index is 0.0398. The fraction of sp³-hybridized carbons (Fsp3) is 0.500. The lowest BCUT2D eigenvalue weighted by Gasteiger charge is -2.09. The van der Waals surface area contributed by atoms with Gasteiger partial charge in [-0.05, 0) is 36.8 Å². The summed E-state index contributed by atoms with van der Waals surface area (Å²) in [7, 11) is 0. The third-order valence-corrected chi connectivity index (χ3v) is 3.95. The lowest BCUT2D eigenvalue weighted by atomic mass is 10.1. The van der Waals surface area contributed by atoms with Crippen molar-refractivity contribution in [2.45, 2.75) is 25.9 Å². The molecule has 1 rings (SSSR count). The highest BCUT2D eigenvalue weighted by molar-refractivity contribution is 7.99. The summed E-state index contributed by atoms with van der Waals surface area (Å²) in [6.07, 6.45) is 0.482. The van der Waals surface area contributed by atoms with Crippen LogP contribution in [0.5, 0.6) is 0 Å². The first-order valence-corrected chi connectivity index (χ1v) is 7.71. The van der Waals surface area contributed by atoms with Crippen LogP contribution in [-0.2, 0) is 4.79 Å². The Labute approximate surface area is 123 Å². The van der Waals surface area contributed by atoms with E-state index in [1.165, 1.54) is 11.8 Å². The van der Waals surface area contributed by atoms with Gasteiger partial charge in [0, 0.05) is 23.5 Å². The smallest absolute Gasteiger partial charge is 0.224 e. The first-order valence-electron chi connectivity index (χ1n) is 6.55. The second kappa shape index (κ2) is 8.84. The molecule has 5 N–H and O–H groups in total. The third kappa shape index (κ3) is 6.27. The van der Waals surface area contributed by atoms with Gasteiger partial charge in [-0.1, -0.05) is 6.07 Å². The van der Waals surface area contributed by atoms with E-state index in [0.29, 0.717) is 17.9 Å². The summed E-state index contributed by atoms with van der Waals surface area (Å²) >= 11 is 1.53. The molecule has 1 unspecified atom stereocenters. The number of nitrogen functional groups attached to an aromatic ring is 1. The Bertz CT molecular complexity index is 440. The summed E-state index contributed by atoms with van der Waals surface area (Å²) in [5, 5.41) is 20.7. The number of carbonyl (C=O) groups excluding carboxylic acids is 1. The molecule has 0 bridgehead atoms. The van der Waals surface area contributed by atoms with Gasteiger partial charge in [-0.15, -0.1) is 0 Å². The van der Waals surface area contributed by atoms with Gasteiger partial charge in [0.15, 0.2) is 0 Å². The van der Waals surface area contributed by atoms with Crippen molar-refractivity contribution in [3.63, 3.8) is 0 Å². The van der Waals surface area contributed by atoms with Crippen LogP contribution in [0, 0.1) is 6.92 Å². The molecule has 1 atom stereocenters. The van der Waals surface area contributed by atoms with Crippen molar-refractivity contribution in [3.8, 4) is 0 Å². The average Bonchev–Trinajstić information content (AvgIpc) is 2.42. The van der Waals surface area contributed by atoms with E-state index in [9.17, 15) is 4.79 Å². The van der Waals surface area contributed by atoms with Gasteiger partial charge in [-0.25, -0.2) is 0 Å². The molecule has 6 heteroatoms. The summed E-state index contributed by atoms with van der Waals surface area (Å²) < 4.78 is 0. The number of hydrogen-bond donors (Lipinski definition) is 4. The number of rotatable bonds is 8. The predicted molar refractivity (Wildman–Crippen MR) is 83.9 cm³/mol. The largest absolute Gasteiger partial charge is 0.399 e.